The molecule has 5 nitrogen and oxygen atoms in total. The van der Waals surface area contributed by atoms with Crippen molar-refractivity contribution in [3.63, 3.8) is 0 Å². The van der Waals surface area contributed by atoms with Crippen molar-refractivity contribution < 1.29 is 13.9 Å². The van der Waals surface area contributed by atoms with Crippen LogP contribution in [0.5, 0.6) is 0 Å². The summed E-state index contributed by atoms with van der Waals surface area (Å²) in [4.78, 5) is 21.0. The van der Waals surface area contributed by atoms with Gasteiger partial charge in [0.05, 0.1) is 29.6 Å². The van der Waals surface area contributed by atoms with E-state index in [2.05, 4.69) is 9.97 Å². The average molecular weight is 366 g/mol. The number of esters is 1. The van der Waals surface area contributed by atoms with E-state index in [-0.39, 0.29) is 34.9 Å². The minimum atomic E-state index is -0.367. The first-order valence-corrected chi connectivity index (χ1v) is 9.25. The van der Waals surface area contributed by atoms with Crippen molar-refractivity contribution >= 4 is 28.6 Å². The summed E-state index contributed by atoms with van der Waals surface area (Å²) >= 11 is 6.02. The van der Waals surface area contributed by atoms with Crippen LogP contribution in [0.25, 0.3) is 11.0 Å². The first-order valence-electron chi connectivity index (χ1n) is 8.88. The minimum Gasteiger partial charge on any atom is -0.466 e. The highest BCUT2D eigenvalue weighted by Crippen LogP contribution is 2.52. The summed E-state index contributed by atoms with van der Waals surface area (Å²) < 4.78 is 21.8. The van der Waals surface area contributed by atoms with Gasteiger partial charge in [-0.25, -0.2) is 9.37 Å². The van der Waals surface area contributed by atoms with Gasteiger partial charge in [-0.05, 0) is 63.0 Å². The first-order chi connectivity index (χ1) is 12.0. The number of hydrogen-bond donors (Lipinski definition) is 0. The van der Waals surface area contributed by atoms with Gasteiger partial charge in [0.15, 0.2) is 5.82 Å². The predicted octanol–water partition coefficient (Wildman–Crippen LogP) is 4.07. The van der Waals surface area contributed by atoms with Gasteiger partial charge < -0.3 is 9.30 Å². The third-order valence-corrected chi connectivity index (χ3v) is 6.00. The monoisotopic (exact) mass is 365 g/mol. The van der Waals surface area contributed by atoms with Crippen LogP contribution < -0.4 is 0 Å². The fourth-order valence-corrected chi connectivity index (χ4v) is 5.06. The van der Waals surface area contributed by atoms with Crippen LogP contribution in [0, 0.1) is 30.5 Å². The lowest BCUT2D eigenvalue weighted by molar-refractivity contribution is -0.157. The predicted molar refractivity (Wildman–Crippen MR) is 91.8 cm³/mol. The van der Waals surface area contributed by atoms with E-state index >= 15 is 0 Å². The maximum Gasteiger partial charge on any atom is 0.311 e. The first kappa shape index (κ1) is 16.8. The van der Waals surface area contributed by atoms with Gasteiger partial charge in [0.1, 0.15) is 5.65 Å². The summed E-state index contributed by atoms with van der Waals surface area (Å²) in [7, 11) is 0. The van der Waals surface area contributed by atoms with E-state index in [0.29, 0.717) is 29.3 Å². The Kier molecular flexibility index (Phi) is 4.18. The standard InChI is InChI=1S/C18H21ClFN3O2/c1-3-25-17(24)14-10-4-6-11(7-5-10)15(14)23-8-12(20)13-9(2)21-18(19)22-16(13)23/h8,10-11,14-15H,3-7H2,1-2H3/t10?,11?,14-,15-/m0/s1. The van der Waals surface area contributed by atoms with E-state index < -0.39 is 0 Å². The summed E-state index contributed by atoms with van der Waals surface area (Å²) in [5, 5.41) is 0.478. The molecule has 0 spiro atoms. The summed E-state index contributed by atoms with van der Waals surface area (Å²) in [5.41, 5.74) is 0.988. The van der Waals surface area contributed by atoms with Gasteiger partial charge in [-0.1, -0.05) is 0 Å². The Labute approximate surface area is 150 Å². The lowest BCUT2D eigenvalue weighted by Crippen LogP contribution is -2.45. The summed E-state index contributed by atoms with van der Waals surface area (Å²) in [6.07, 6.45) is 5.61. The van der Waals surface area contributed by atoms with Crippen molar-refractivity contribution in [1.29, 1.82) is 0 Å². The van der Waals surface area contributed by atoms with Gasteiger partial charge in [0.25, 0.3) is 0 Å². The van der Waals surface area contributed by atoms with Gasteiger partial charge in [-0.15, -0.1) is 0 Å². The third-order valence-electron chi connectivity index (χ3n) is 5.83. The molecule has 3 saturated carbocycles. The van der Waals surface area contributed by atoms with E-state index in [9.17, 15) is 9.18 Å². The number of carbonyl (C=O) groups is 1. The van der Waals surface area contributed by atoms with Crippen LogP contribution in [0.4, 0.5) is 4.39 Å². The van der Waals surface area contributed by atoms with E-state index in [1.165, 1.54) is 6.20 Å². The second-order valence-corrected chi connectivity index (χ2v) is 7.44. The molecule has 25 heavy (non-hydrogen) atoms. The van der Waals surface area contributed by atoms with Gasteiger partial charge in [0.2, 0.25) is 5.28 Å². The Bertz CT molecular complexity index is 829. The number of fused-ring (bicyclic) bond motifs is 4. The van der Waals surface area contributed by atoms with Crippen molar-refractivity contribution in [3.8, 4) is 0 Å². The Morgan fingerprint density at radius 2 is 2.00 bits per heavy atom. The summed E-state index contributed by atoms with van der Waals surface area (Å²) in [6, 6.07) is -0.135. The highest BCUT2D eigenvalue weighted by atomic mass is 35.5. The van der Waals surface area contributed by atoms with Crippen molar-refractivity contribution in [3.05, 3.63) is 23.0 Å². The molecule has 0 unspecified atom stereocenters. The van der Waals surface area contributed by atoms with Gasteiger partial charge in [-0.2, -0.15) is 4.98 Å². The van der Waals surface area contributed by atoms with Crippen molar-refractivity contribution in [1.82, 2.24) is 14.5 Å². The quantitative estimate of drug-likeness (QED) is 0.607. The van der Waals surface area contributed by atoms with Crippen LogP contribution in [-0.2, 0) is 9.53 Å². The largest absolute Gasteiger partial charge is 0.466 e. The summed E-state index contributed by atoms with van der Waals surface area (Å²) in [5.74, 6) is -0.192. The number of hydrogen-bond acceptors (Lipinski definition) is 4. The molecule has 3 aliphatic rings. The van der Waals surface area contributed by atoms with E-state index in [4.69, 9.17) is 16.3 Å². The van der Waals surface area contributed by atoms with Crippen LogP contribution in [0.3, 0.4) is 0 Å². The highest BCUT2D eigenvalue weighted by molar-refractivity contribution is 6.28. The number of ether oxygens (including phenoxy) is 1. The van der Waals surface area contributed by atoms with Crippen LogP contribution in [-0.4, -0.2) is 27.1 Å². The van der Waals surface area contributed by atoms with E-state index in [0.717, 1.165) is 25.7 Å². The number of carbonyl (C=O) groups excluding carboxylic acids is 1. The number of halogens is 2. The fourth-order valence-electron chi connectivity index (χ4n) is 4.85. The van der Waals surface area contributed by atoms with Crippen LogP contribution in [0.1, 0.15) is 44.3 Å². The molecule has 0 N–H and O–H groups in total. The normalized spacial score (nSPS) is 28.5. The van der Waals surface area contributed by atoms with Crippen LogP contribution >= 0.6 is 11.6 Å². The van der Waals surface area contributed by atoms with Gasteiger partial charge >= 0.3 is 5.97 Å². The Morgan fingerprint density at radius 1 is 1.32 bits per heavy atom. The molecule has 2 heterocycles. The molecule has 0 aliphatic heterocycles. The highest BCUT2D eigenvalue weighted by Gasteiger charge is 2.49. The Morgan fingerprint density at radius 3 is 2.68 bits per heavy atom. The lowest BCUT2D eigenvalue weighted by atomic mass is 9.61. The molecule has 2 aromatic rings. The zero-order chi connectivity index (χ0) is 17.7. The Hall–Kier alpha value is -1.69. The molecular weight excluding hydrogens is 345 g/mol. The molecule has 3 fully saturated rings. The zero-order valence-corrected chi connectivity index (χ0v) is 15.1. The second kappa shape index (κ2) is 6.24. The molecule has 0 amide bonds. The molecule has 0 saturated heterocycles. The zero-order valence-electron chi connectivity index (χ0n) is 14.3. The van der Waals surface area contributed by atoms with Crippen molar-refractivity contribution in [2.45, 2.75) is 45.6 Å². The maximum atomic E-state index is 14.6. The van der Waals surface area contributed by atoms with Crippen LogP contribution in [0.2, 0.25) is 5.28 Å². The number of nitrogens with zero attached hydrogens (tertiary/aromatic N) is 3. The molecule has 0 aromatic carbocycles. The topological polar surface area (TPSA) is 57.0 Å². The van der Waals surface area contributed by atoms with Gasteiger partial charge in [0, 0.05) is 6.20 Å². The Balaban J connectivity index is 1.87. The molecule has 7 heteroatoms. The van der Waals surface area contributed by atoms with E-state index in [1.54, 1.807) is 6.92 Å². The van der Waals surface area contributed by atoms with Crippen molar-refractivity contribution in [2.24, 2.45) is 17.8 Å². The smallest absolute Gasteiger partial charge is 0.311 e. The molecule has 2 atom stereocenters. The van der Waals surface area contributed by atoms with Crippen LogP contribution in [0.15, 0.2) is 6.20 Å². The molecule has 5 rings (SSSR count). The van der Waals surface area contributed by atoms with Crippen molar-refractivity contribution in [2.75, 3.05) is 6.61 Å². The maximum absolute atomic E-state index is 14.6. The van der Waals surface area contributed by atoms with Gasteiger partial charge in [-0.3, -0.25) is 4.79 Å². The molecular formula is C18H21ClFN3O2. The minimum absolute atomic E-state index is 0.0954. The fraction of sp³-hybridized carbons (Fsp3) is 0.611. The second-order valence-electron chi connectivity index (χ2n) is 7.10. The molecule has 134 valence electrons. The van der Waals surface area contributed by atoms with E-state index in [1.807, 2.05) is 11.5 Å². The molecule has 3 aliphatic carbocycles. The number of rotatable bonds is 3. The average Bonchev–Trinajstić information content (AvgIpc) is 2.91. The molecule has 2 aromatic heterocycles. The third kappa shape index (κ3) is 2.62. The lowest BCUT2D eigenvalue weighted by Gasteiger charge is -2.47. The summed E-state index contributed by atoms with van der Waals surface area (Å²) in [6.45, 7) is 3.89. The SMILES string of the molecule is CCOC(=O)[C@H]1C2CCC(CC2)[C@@H]1n1cc(F)c2c(C)nc(Cl)nc21. The molecule has 2 bridgehead atoms. The number of aromatic nitrogens is 3. The molecule has 0 radical (unpaired) electrons. The number of aryl methyl sites for hydroxylation is 1.